The Bertz CT molecular complexity index is 1280. The lowest BCUT2D eigenvalue weighted by atomic mass is 9.50. The molecule has 4 aliphatic rings. The van der Waals surface area contributed by atoms with E-state index >= 15 is 4.39 Å². The Balaban J connectivity index is 1.09. The predicted octanol–water partition coefficient (Wildman–Crippen LogP) is 3.29. The molecular formula is C21H21F4N7O4. The van der Waals surface area contributed by atoms with Crippen LogP contribution in [0, 0.1) is 5.92 Å². The fourth-order valence-electron chi connectivity index (χ4n) is 4.92. The number of halogens is 4. The van der Waals surface area contributed by atoms with Crippen molar-refractivity contribution in [2.24, 2.45) is 5.92 Å². The van der Waals surface area contributed by atoms with E-state index in [9.17, 15) is 18.0 Å². The summed E-state index contributed by atoms with van der Waals surface area (Å²) in [4.78, 5) is 16.3. The van der Waals surface area contributed by atoms with Gasteiger partial charge in [-0.15, -0.1) is 13.2 Å². The molecule has 0 unspecified atom stereocenters. The molecule has 1 saturated heterocycles. The highest BCUT2D eigenvalue weighted by Gasteiger charge is 2.58. The molecule has 3 aliphatic carbocycles. The Hall–Kier alpha value is -3.46. The van der Waals surface area contributed by atoms with Crippen molar-refractivity contribution in [2.45, 2.75) is 56.2 Å². The molecule has 3 atom stereocenters. The Kier molecular flexibility index (Phi) is 5.29. The zero-order chi connectivity index (χ0) is 25.1. The second kappa shape index (κ2) is 8.30. The largest absolute Gasteiger partial charge is 0.522 e. The number of carbonyl (C=O) groups is 1. The summed E-state index contributed by atoms with van der Waals surface area (Å²) in [7, 11) is 0. The lowest BCUT2D eigenvalue weighted by molar-refractivity contribution is -0.330. The van der Waals surface area contributed by atoms with Gasteiger partial charge < -0.3 is 20.1 Å². The molecule has 3 N–H and O–H groups in total. The van der Waals surface area contributed by atoms with Crippen molar-refractivity contribution in [3.63, 3.8) is 0 Å². The molecule has 7 rings (SSSR count). The maximum absolute atomic E-state index is 15.0. The highest BCUT2D eigenvalue weighted by molar-refractivity contribution is 5.72. The first-order valence-corrected chi connectivity index (χ1v) is 11.3. The van der Waals surface area contributed by atoms with E-state index in [1.165, 1.54) is 29.0 Å². The molecule has 1 amide bonds. The van der Waals surface area contributed by atoms with Gasteiger partial charge in [-0.3, -0.25) is 9.84 Å². The minimum atomic E-state index is -4.78. The van der Waals surface area contributed by atoms with Crippen LogP contribution in [0.15, 0.2) is 24.5 Å². The number of ether oxygens (including phenoxy) is 3. The van der Waals surface area contributed by atoms with Crippen LogP contribution in [0.2, 0.25) is 0 Å². The zero-order valence-electron chi connectivity index (χ0n) is 18.6. The standard InChI is InChI=1S/C21H21F4N7O4/c22-16-14(36-19(33)28-20-5-10(6-20)7-20)9-34-17(16)12-4-15(30-29-12)27-18-13-3-11(8-35-21(23,24)25)31-32(13)2-1-26-18/h1-4,10,14,16-17H,5-9H2,(H,28,33)(H2,26,27,29,30)/t10?,14-,16+,17-,20?/m0/s1. The Labute approximate surface area is 200 Å². The van der Waals surface area contributed by atoms with E-state index in [0.29, 0.717) is 17.1 Å². The molecule has 36 heavy (non-hydrogen) atoms. The van der Waals surface area contributed by atoms with E-state index < -0.39 is 37.4 Å². The van der Waals surface area contributed by atoms with E-state index in [-0.39, 0.29) is 29.5 Å². The summed E-state index contributed by atoms with van der Waals surface area (Å²) in [5.41, 5.74) is 0.575. The van der Waals surface area contributed by atoms with Crippen LogP contribution in [0.3, 0.4) is 0 Å². The van der Waals surface area contributed by atoms with Crippen LogP contribution in [-0.4, -0.2) is 61.7 Å². The number of amides is 1. The van der Waals surface area contributed by atoms with Crippen LogP contribution in [0.5, 0.6) is 0 Å². The SMILES string of the molecule is O=C(NC12CC(C1)C2)O[C@H]1CO[C@@H](c2cc(Nc3nccn4nc(COC(F)(F)F)cc34)n[nH]2)[C@@H]1F. The number of hydrogen-bond donors (Lipinski definition) is 3. The van der Waals surface area contributed by atoms with Crippen LogP contribution in [0.1, 0.15) is 36.8 Å². The third-order valence-electron chi connectivity index (χ3n) is 6.72. The van der Waals surface area contributed by atoms with Crippen LogP contribution < -0.4 is 10.6 Å². The van der Waals surface area contributed by atoms with Gasteiger partial charge in [-0.05, 0) is 31.2 Å². The van der Waals surface area contributed by atoms with E-state index in [2.05, 4.69) is 35.7 Å². The second-order valence-electron chi connectivity index (χ2n) is 9.34. The Morgan fingerprint density at radius 3 is 2.83 bits per heavy atom. The van der Waals surface area contributed by atoms with Gasteiger partial charge in [-0.1, -0.05) is 0 Å². The van der Waals surface area contributed by atoms with Gasteiger partial charge >= 0.3 is 12.5 Å². The monoisotopic (exact) mass is 511 g/mol. The molecule has 15 heteroatoms. The lowest BCUT2D eigenvalue weighted by Crippen LogP contribution is -2.68. The summed E-state index contributed by atoms with van der Waals surface area (Å²) in [6.07, 6.45) is -3.40. The van der Waals surface area contributed by atoms with Crippen molar-refractivity contribution >= 4 is 23.2 Å². The molecule has 1 aliphatic heterocycles. The number of alkyl carbamates (subject to hydrolysis) is 1. The predicted molar refractivity (Wildman–Crippen MR) is 113 cm³/mol. The van der Waals surface area contributed by atoms with Gasteiger partial charge in [0, 0.05) is 24.0 Å². The Morgan fingerprint density at radius 2 is 2.11 bits per heavy atom. The first-order chi connectivity index (χ1) is 17.2. The lowest BCUT2D eigenvalue weighted by Gasteiger charge is -2.61. The smallest absolute Gasteiger partial charge is 0.441 e. The first-order valence-electron chi connectivity index (χ1n) is 11.3. The first kappa shape index (κ1) is 23.0. The van der Waals surface area contributed by atoms with Gasteiger partial charge in [-0.25, -0.2) is 18.7 Å². The molecule has 4 fully saturated rings. The van der Waals surface area contributed by atoms with Crippen molar-refractivity contribution in [3.05, 3.63) is 35.9 Å². The van der Waals surface area contributed by atoms with Crippen molar-refractivity contribution in [1.82, 2.24) is 30.1 Å². The van der Waals surface area contributed by atoms with Crippen LogP contribution >= 0.6 is 0 Å². The highest BCUT2D eigenvalue weighted by Crippen LogP contribution is 2.57. The fraction of sp³-hybridized carbons (Fsp3) is 0.524. The van der Waals surface area contributed by atoms with Gasteiger partial charge in [0.05, 0.1) is 18.0 Å². The number of alkyl halides is 4. The number of fused-ring (bicyclic) bond motifs is 1. The molecule has 0 aromatic carbocycles. The third kappa shape index (κ3) is 4.32. The molecule has 11 nitrogen and oxygen atoms in total. The number of H-pyrrole nitrogens is 1. The maximum atomic E-state index is 15.0. The van der Waals surface area contributed by atoms with E-state index in [4.69, 9.17) is 9.47 Å². The normalized spacial score (nSPS) is 29.0. The number of nitrogens with one attached hydrogen (secondary N) is 3. The fourth-order valence-corrected chi connectivity index (χ4v) is 4.92. The average molecular weight is 511 g/mol. The number of aromatic amines is 1. The van der Waals surface area contributed by atoms with Gasteiger partial charge in [0.2, 0.25) is 0 Å². The number of hydrogen-bond acceptors (Lipinski definition) is 8. The zero-order valence-corrected chi connectivity index (χ0v) is 18.6. The van der Waals surface area contributed by atoms with E-state index in [1.807, 2.05) is 0 Å². The molecule has 0 radical (unpaired) electrons. The van der Waals surface area contributed by atoms with Crippen LogP contribution in [0.25, 0.3) is 5.52 Å². The van der Waals surface area contributed by atoms with Crippen molar-refractivity contribution in [1.29, 1.82) is 0 Å². The number of carbonyl (C=O) groups excluding carboxylic acids is 1. The van der Waals surface area contributed by atoms with Crippen molar-refractivity contribution in [2.75, 3.05) is 11.9 Å². The van der Waals surface area contributed by atoms with E-state index in [0.717, 1.165) is 19.3 Å². The summed E-state index contributed by atoms with van der Waals surface area (Å²) in [5, 5.41) is 16.6. The summed E-state index contributed by atoms with van der Waals surface area (Å²) in [6, 6.07) is 2.91. The molecular weight excluding hydrogens is 490 g/mol. The maximum Gasteiger partial charge on any atom is 0.522 e. The number of anilines is 2. The Morgan fingerprint density at radius 1 is 1.31 bits per heavy atom. The second-order valence-corrected chi connectivity index (χ2v) is 9.34. The molecule has 4 heterocycles. The van der Waals surface area contributed by atoms with E-state index in [1.54, 1.807) is 0 Å². The highest BCUT2D eigenvalue weighted by atomic mass is 19.4. The van der Waals surface area contributed by atoms with Gasteiger partial charge in [-0.2, -0.15) is 10.2 Å². The summed E-state index contributed by atoms with van der Waals surface area (Å²) < 4.78 is 68.0. The summed E-state index contributed by atoms with van der Waals surface area (Å²) in [5.74, 6) is 1.21. The molecule has 192 valence electrons. The third-order valence-corrected chi connectivity index (χ3v) is 6.72. The van der Waals surface area contributed by atoms with Gasteiger partial charge in [0.1, 0.15) is 18.2 Å². The van der Waals surface area contributed by atoms with Crippen molar-refractivity contribution in [3.8, 4) is 0 Å². The average Bonchev–Trinajstić information content (AvgIpc) is 3.48. The molecule has 3 aromatic rings. The van der Waals surface area contributed by atoms with Crippen LogP contribution in [0.4, 0.5) is 34.0 Å². The molecule has 3 saturated carbocycles. The molecule has 2 bridgehead atoms. The topological polar surface area (TPSA) is 128 Å². The summed E-state index contributed by atoms with van der Waals surface area (Å²) >= 11 is 0. The van der Waals surface area contributed by atoms with Crippen molar-refractivity contribution < 1.29 is 36.6 Å². The molecule has 0 spiro atoms. The quantitative estimate of drug-likeness (QED) is 0.413. The minimum Gasteiger partial charge on any atom is -0.441 e. The molecule has 3 aromatic heterocycles. The summed E-state index contributed by atoms with van der Waals surface area (Å²) in [6.45, 7) is -0.854. The van der Waals surface area contributed by atoms with Gasteiger partial charge in [0.15, 0.2) is 23.9 Å². The van der Waals surface area contributed by atoms with Crippen LogP contribution in [-0.2, 0) is 20.8 Å². The minimum absolute atomic E-state index is 0.0508. The van der Waals surface area contributed by atoms with Gasteiger partial charge in [0.25, 0.3) is 0 Å². The number of rotatable bonds is 7. The number of nitrogens with zero attached hydrogens (tertiary/aromatic N) is 4. The number of aromatic nitrogens is 5.